The Labute approximate surface area is 153 Å². The van der Waals surface area contributed by atoms with E-state index in [4.69, 9.17) is 9.84 Å². The second-order valence-corrected chi connectivity index (χ2v) is 6.93. The Bertz CT molecular complexity index is 637. The molecule has 2 fully saturated rings. The van der Waals surface area contributed by atoms with Crippen molar-refractivity contribution in [3.63, 3.8) is 0 Å². The van der Waals surface area contributed by atoms with Crippen LogP contribution in [0.3, 0.4) is 0 Å². The number of hydrogen-bond acceptors (Lipinski definition) is 5. The molecule has 2 unspecified atom stereocenters. The predicted molar refractivity (Wildman–Crippen MR) is 96.0 cm³/mol. The molecule has 2 atom stereocenters. The van der Waals surface area contributed by atoms with E-state index < -0.39 is 11.9 Å². The Kier molecular flexibility index (Phi) is 5.92. The first-order valence-corrected chi connectivity index (χ1v) is 9.10. The number of carboxylic acids is 1. The fourth-order valence-electron chi connectivity index (χ4n) is 3.39. The highest BCUT2D eigenvalue weighted by Gasteiger charge is 2.28. The number of pyridine rings is 1. The molecule has 0 aromatic carbocycles. The first-order valence-electron chi connectivity index (χ1n) is 9.10. The maximum absolute atomic E-state index is 12.3. The summed E-state index contributed by atoms with van der Waals surface area (Å²) in [5, 5.41) is 12.0. The summed E-state index contributed by atoms with van der Waals surface area (Å²) >= 11 is 0. The highest BCUT2D eigenvalue weighted by atomic mass is 16.5. The van der Waals surface area contributed by atoms with Crippen LogP contribution in [0.25, 0.3) is 0 Å². The van der Waals surface area contributed by atoms with Gasteiger partial charge >= 0.3 is 12.0 Å². The normalized spacial score (nSPS) is 23.6. The molecule has 2 aliphatic heterocycles. The number of nitrogens with one attached hydrogen (secondary N) is 1. The number of rotatable bonds is 4. The minimum absolute atomic E-state index is 0.198. The summed E-state index contributed by atoms with van der Waals surface area (Å²) in [5.74, 6) is -0.387. The van der Waals surface area contributed by atoms with Gasteiger partial charge < -0.3 is 25.0 Å². The van der Waals surface area contributed by atoms with Crippen LogP contribution < -0.4 is 10.2 Å². The number of urea groups is 1. The summed E-state index contributed by atoms with van der Waals surface area (Å²) in [6.45, 7) is 5.64. The summed E-state index contributed by atoms with van der Waals surface area (Å²) in [6.07, 6.45) is 3.32. The summed E-state index contributed by atoms with van der Waals surface area (Å²) in [7, 11) is 0. The van der Waals surface area contributed by atoms with Crippen LogP contribution in [0.5, 0.6) is 0 Å². The topological polar surface area (TPSA) is 95.0 Å². The van der Waals surface area contributed by atoms with E-state index >= 15 is 0 Å². The number of carbonyl (C=O) groups is 2. The molecule has 0 bridgehead atoms. The van der Waals surface area contributed by atoms with Gasteiger partial charge in [-0.3, -0.25) is 4.79 Å². The number of amides is 2. The van der Waals surface area contributed by atoms with Crippen molar-refractivity contribution in [2.45, 2.75) is 32.4 Å². The number of morpholine rings is 1. The lowest BCUT2D eigenvalue weighted by Crippen LogP contribution is -2.46. The quantitative estimate of drug-likeness (QED) is 0.839. The van der Waals surface area contributed by atoms with Gasteiger partial charge in [0.15, 0.2) is 0 Å². The number of aliphatic carboxylic acids is 1. The lowest BCUT2D eigenvalue weighted by atomic mass is 9.99. The zero-order valence-corrected chi connectivity index (χ0v) is 15.1. The number of carboxylic acid groups (broad SMARTS) is 1. The van der Waals surface area contributed by atoms with Gasteiger partial charge in [0.05, 0.1) is 18.6 Å². The second-order valence-electron chi connectivity index (χ2n) is 6.93. The van der Waals surface area contributed by atoms with Gasteiger partial charge in [0.25, 0.3) is 0 Å². The van der Waals surface area contributed by atoms with Crippen molar-refractivity contribution in [3.8, 4) is 0 Å². The largest absolute Gasteiger partial charge is 0.481 e. The first-order chi connectivity index (χ1) is 12.5. The summed E-state index contributed by atoms with van der Waals surface area (Å²) in [6, 6.07) is 3.70. The van der Waals surface area contributed by atoms with Crippen molar-refractivity contribution < 1.29 is 19.4 Å². The van der Waals surface area contributed by atoms with Crippen LogP contribution >= 0.6 is 0 Å². The molecule has 0 saturated carbocycles. The summed E-state index contributed by atoms with van der Waals surface area (Å²) in [5.41, 5.74) is 0.912. The van der Waals surface area contributed by atoms with E-state index in [0.717, 1.165) is 30.9 Å². The molecule has 2 amide bonds. The highest BCUT2D eigenvalue weighted by molar-refractivity contribution is 5.76. The zero-order chi connectivity index (χ0) is 18.5. The summed E-state index contributed by atoms with van der Waals surface area (Å²) in [4.78, 5) is 31.6. The van der Waals surface area contributed by atoms with Gasteiger partial charge in [-0.25, -0.2) is 9.78 Å². The Morgan fingerprint density at radius 1 is 1.35 bits per heavy atom. The lowest BCUT2D eigenvalue weighted by Gasteiger charge is -2.32. The fraction of sp³-hybridized carbons (Fsp3) is 0.611. The van der Waals surface area contributed by atoms with E-state index in [0.29, 0.717) is 26.1 Å². The van der Waals surface area contributed by atoms with E-state index in [1.54, 1.807) is 11.1 Å². The molecule has 1 aromatic heterocycles. The Morgan fingerprint density at radius 3 is 2.88 bits per heavy atom. The van der Waals surface area contributed by atoms with Gasteiger partial charge in [0.2, 0.25) is 0 Å². The molecule has 8 heteroatoms. The Morgan fingerprint density at radius 2 is 2.19 bits per heavy atom. The molecule has 3 rings (SSSR count). The van der Waals surface area contributed by atoms with Crippen LogP contribution in [-0.2, 0) is 16.1 Å². The van der Waals surface area contributed by atoms with Crippen LogP contribution in [0.2, 0.25) is 0 Å². The lowest BCUT2D eigenvalue weighted by molar-refractivity contribution is -0.143. The minimum Gasteiger partial charge on any atom is -0.481 e. The molecular formula is C18H26N4O4. The van der Waals surface area contributed by atoms with Gasteiger partial charge in [0, 0.05) is 38.9 Å². The van der Waals surface area contributed by atoms with Crippen molar-refractivity contribution in [1.82, 2.24) is 15.2 Å². The van der Waals surface area contributed by atoms with Crippen molar-refractivity contribution in [3.05, 3.63) is 23.9 Å². The number of piperidine rings is 1. The average Bonchev–Trinajstić information content (AvgIpc) is 2.66. The maximum atomic E-state index is 12.3. The van der Waals surface area contributed by atoms with E-state index in [1.165, 1.54) is 0 Å². The van der Waals surface area contributed by atoms with E-state index in [-0.39, 0.29) is 18.7 Å². The van der Waals surface area contributed by atoms with E-state index in [9.17, 15) is 9.59 Å². The molecule has 142 valence electrons. The monoisotopic (exact) mass is 362 g/mol. The third-order valence-electron chi connectivity index (χ3n) is 4.88. The van der Waals surface area contributed by atoms with Gasteiger partial charge in [-0.05, 0) is 31.4 Å². The fourth-order valence-corrected chi connectivity index (χ4v) is 3.39. The minimum atomic E-state index is -0.834. The third kappa shape index (κ3) is 4.63. The van der Waals surface area contributed by atoms with Crippen molar-refractivity contribution in [1.29, 1.82) is 0 Å². The number of likely N-dealkylation sites (tertiary alicyclic amines) is 1. The van der Waals surface area contributed by atoms with E-state index in [2.05, 4.69) is 15.2 Å². The molecule has 1 aromatic rings. The van der Waals surface area contributed by atoms with Crippen molar-refractivity contribution in [2.75, 3.05) is 37.7 Å². The number of carbonyl (C=O) groups excluding carboxylic acids is 1. The number of anilines is 1. The van der Waals surface area contributed by atoms with Crippen LogP contribution in [0.15, 0.2) is 18.3 Å². The molecule has 0 radical (unpaired) electrons. The SMILES string of the molecule is CC1CN(c2ccc(CNC(=O)N3CCCC(C(=O)O)C3)cn2)CCO1. The van der Waals surface area contributed by atoms with Gasteiger partial charge in [-0.1, -0.05) is 6.07 Å². The van der Waals surface area contributed by atoms with E-state index in [1.807, 2.05) is 19.1 Å². The molecule has 3 heterocycles. The van der Waals surface area contributed by atoms with Gasteiger partial charge in [0.1, 0.15) is 5.82 Å². The molecule has 0 aliphatic carbocycles. The van der Waals surface area contributed by atoms with Gasteiger partial charge in [-0.15, -0.1) is 0 Å². The summed E-state index contributed by atoms with van der Waals surface area (Å²) < 4.78 is 5.54. The number of hydrogen-bond donors (Lipinski definition) is 2. The molecule has 2 saturated heterocycles. The highest BCUT2D eigenvalue weighted by Crippen LogP contribution is 2.17. The smallest absolute Gasteiger partial charge is 0.317 e. The van der Waals surface area contributed by atoms with Crippen LogP contribution in [0, 0.1) is 5.92 Å². The number of ether oxygens (including phenoxy) is 1. The molecule has 2 aliphatic rings. The third-order valence-corrected chi connectivity index (χ3v) is 4.88. The van der Waals surface area contributed by atoms with Crippen LogP contribution in [-0.4, -0.2) is 65.9 Å². The number of aromatic nitrogens is 1. The Hall–Kier alpha value is -2.35. The number of nitrogens with zero attached hydrogens (tertiary/aromatic N) is 3. The Balaban J connectivity index is 1.50. The molecule has 26 heavy (non-hydrogen) atoms. The predicted octanol–water partition coefficient (Wildman–Crippen LogP) is 1.31. The molecular weight excluding hydrogens is 336 g/mol. The van der Waals surface area contributed by atoms with Crippen molar-refractivity contribution in [2.24, 2.45) is 5.92 Å². The molecule has 8 nitrogen and oxygen atoms in total. The second kappa shape index (κ2) is 8.35. The molecule has 2 N–H and O–H groups in total. The maximum Gasteiger partial charge on any atom is 0.317 e. The first kappa shape index (κ1) is 18.4. The molecule has 0 spiro atoms. The van der Waals surface area contributed by atoms with Crippen molar-refractivity contribution >= 4 is 17.8 Å². The average molecular weight is 362 g/mol. The zero-order valence-electron chi connectivity index (χ0n) is 15.1. The van der Waals surface area contributed by atoms with Gasteiger partial charge in [-0.2, -0.15) is 0 Å². The standard InChI is InChI=1S/C18H26N4O4/c1-13-11-21(7-8-26-13)16-5-4-14(9-19-16)10-20-18(25)22-6-2-3-15(12-22)17(23)24/h4-5,9,13,15H,2-3,6-8,10-12H2,1H3,(H,20,25)(H,23,24). The van der Waals surface area contributed by atoms with Crippen LogP contribution in [0.1, 0.15) is 25.3 Å². The van der Waals surface area contributed by atoms with Crippen LogP contribution in [0.4, 0.5) is 10.6 Å².